The fourth-order valence-electron chi connectivity index (χ4n) is 4.30. The summed E-state index contributed by atoms with van der Waals surface area (Å²) in [4.78, 5) is 33.9. The maximum Gasteiger partial charge on any atom is 0.338 e. The fraction of sp³-hybridized carbons (Fsp3) is 0.333. The van der Waals surface area contributed by atoms with Gasteiger partial charge in [0.1, 0.15) is 42.7 Å². The first-order valence-corrected chi connectivity index (χ1v) is 12.1. The van der Waals surface area contributed by atoms with E-state index in [1.165, 1.54) is 6.34 Å². The van der Waals surface area contributed by atoms with Crippen molar-refractivity contribution >= 4 is 24.1 Å². The van der Waals surface area contributed by atoms with Crippen molar-refractivity contribution in [2.45, 2.75) is 44.8 Å². The van der Waals surface area contributed by atoms with E-state index in [0.717, 1.165) is 11.1 Å². The molecule has 2 N–H and O–H groups in total. The Morgan fingerprint density at radius 1 is 1.05 bits per heavy atom. The highest BCUT2D eigenvalue weighted by Crippen LogP contribution is 2.36. The third kappa shape index (κ3) is 5.40. The first kappa shape index (κ1) is 24.7. The van der Waals surface area contributed by atoms with E-state index in [4.69, 9.17) is 14.2 Å². The van der Waals surface area contributed by atoms with Crippen LogP contribution in [-0.2, 0) is 14.2 Å². The Balaban J connectivity index is 1.34. The van der Waals surface area contributed by atoms with Crippen LogP contribution >= 0.6 is 0 Å². The molecule has 37 heavy (non-hydrogen) atoms. The Hall–Kier alpha value is -4.02. The summed E-state index contributed by atoms with van der Waals surface area (Å²) in [5.41, 5.74) is 3.35. The summed E-state index contributed by atoms with van der Waals surface area (Å²) in [7, 11) is 0. The molecule has 1 fully saturated rings. The number of hydrogen-bond donors (Lipinski definition) is 2. The third-order valence-corrected chi connectivity index (χ3v) is 6.41. The number of aryl methyl sites for hydroxylation is 2. The Morgan fingerprint density at radius 2 is 1.70 bits per heavy atom. The van der Waals surface area contributed by atoms with Gasteiger partial charge in [0.15, 0.2) is 0 Å². The number of rotatable bonds is 6. The average Bonchev–Trinajstić information content (AvgIpc) is 3.44. The number of aliphatic hydroxyl groups excluding tert-OH is 1. The van der Waals surface area contributed by atoms with Gasteiger partial charge < -0.3 is 24.6 Å². The third-order valence-electron chi connectivity index (χ3n) is 6.41. The molecular formula is C27H28N4O6. The molecule has 192 valence electrons. The molecule has 10 heteroatoms. The molecule has 3 heterocycles. The minimum absolute atomic E-state index is 0.108. The lowest BCUT2D eigenvalue weighted by Crippen LogP contribution is -2.32. The van der Waals surface area contributed by atoms with Gasteiger partial charge in [0, 0.05) is 6.42 Å². The molecule has 2 aliphatic rings. The molecule has 2 aliphatic heterocycles. The van der Waals surface area contributed by atoms with Gasteiger partial charge in [0.25, 0.3) is 0 Å². The van der Waals surface area contributed by atoms with Crippen LogP contribution in [0.3, 0.4) is 0 Å². The van der Waals surface area contributed by atoms with Crippen molar-refractivity contribution < 1.29 is 28.9 Å². The zero-order valence-electron chi connectivity index (χ0n) is 20.5. The van der Waals surface area contributed by atoms with Crippen LogP contribution in [0.5, 0.6) is 0 Å². The van der Waals surface area contributed by atoms with Crippen molar-refractivity contribution in [3.63, 3.8) is 0 Å². The second kappa shape index (κ2) is 10.5. The second-order valence-corrected chi connectivity index (χ2v) is 9.18. The monoisotopic (exact) mass is 504 g/mol. The minimum atomic E-state index is -0.856. The van der Waals surface area contributed by atoms with E-state index in [1.807, 2.05) is 38.1 Å². The molecule has 0 radical (unpaired) electrons. The Bertz CT molecular complexity index is 1300. The topological polar surface area (TPSA) is 124 Å². The standard InChI is InChI=1S/C27H28N4O6/c1-16-3-7-18(8-4-16)26(33)35-13-22-21(37-27(34)19-9-5-17(2)6-10-19)11-23(36-22)31-15-30-24-20(32)12-28-14-29-25(24)31/h3-10,14-15,20-23,32H,11-13H2,1-2H3,(H,28,29)/t20-,21-,22+,23-/m0/s1. The molecule has 0 bridgehead atoms. The summed E-state index contributed by atoms with van der Waals surface area (Å²) in [6, 6.07) is 14.2. The molecule has 1 aromatic heterocycles. The highest BCUT2D eigenvalue weighted by atomic mass is 16.6. The molecule has 4 atom stereocenters. The van der Waals surface area contributed by atoms with Crippen LogP contribution in [0.1, 0.15) is 56.3 Å². The number of fused-ring (bicyclic) bond motifs is 1. The second-order valence-electron chi connectivity index (χ2n) is 9.18. The van der Waals surface area contributed by atoms with Gasteiger partial charge in [-0.3, -0.25) is 9.56 Å². The van der Waals surface area contributed by atoms with E-state index < -0.39 is 36.5 Å². The normalized spacial score (nSPS) is 22.6. The molecule has 5 rings (SSSR count). The van der Waals surface area contributed by atoms with E-state index >= 15 is 0 Å². The van der Waals surface area contributed by atoms with E-state index in [-0.39, 0.29) is 13.2 Å². The quantitative estimate of drug-likeness (QED) is 0.490. The summed E-state index contributed by atoms with van der Waals surface area (Å²) in [5.74, 6) is -0.443. The molecule has 1 saturated heterocycles. The number of hydrogen-bond acceptors (Lipinski definition) is 9. The zero-order valence-corrected chi connectivity index (χ0v) is 20.5. The number of esters is 2. The molecular weight excluding hydrogens is 476 g/mol. The molecule has 0 spiro atoms. The van der Waals surface area contributed by atoms with Crippen LogP contribution < -0.4 is 5.32 Å². The number of imidazole rings is 1. The minimum Gasteiger partial charge on any atom is -0.459 e. The number of carbonyl (C=O) groups excluding carboxylic acids is 2. The summed E-state index contributed by atoms with van der Waals surface area (Å²) in [6.45, 7) is 3.96. The number of aliphatic imine (C=N–C) groups is 1. The lowest BCUT2D eigenvalue weighted by Gasteiger charge is -2.19. The number of aliphatic hydroxyl groups is 1. The number of anilines is 1. The van der Waals surface area contributed by atoms with Gasteiger partial charge in [-0.05, 0) is 38.1 Å². The van der Waals surface area contributed by atoms with Crippen LogP contribution in [0.4, 0.5) is 5.82 Å². The van der Waals surface area contributed by atoms with Crippen molar-refractivity contribution in [1.29, 1.82) is 0 Å². The van der Waals surface area contributed by atoms with E-state index in [2.05, 4.69) is 15.3 Å². The number of aromatic nitrogens is 2. The summed E-state index contributed by atoms with van der Waals surface area (Å²) in [5, 5.41) is 13.4. The van der Waals surface area contributed by atoms with Gasteiger partial charge in [-0.25, -0.2) is 14.6 Å². The van der Waals surface area contributed by atoms with Crippen molar-refractivity contribution in [3.05, 3.63) is 82.8 Å². The van der Waals surface area contributed by atoms with Crippen LogP contribution in [0.15, 0.2) is 59.9 Å². The van der Waals surface area contributed by atoms with Gasteiger partial charge in [0.05, 0.1) is 30.3 Å². The molecule has 0 aliphatic carbocycles. The highest BCUT2D eigenvalue weighted by molar-refractivity contribution is 5.90. The molecule has 10 nitrogen and oxygen atoms in total. The van der Waals surface area contributed by atoms with E-state index in [9.17, 15) is 14.7 Å². The highest BCUT2D eigenvalue weighted by Gasteiger charge is 2.41. The van der Waals surface area contributed by atoms with Gasteiger partial charge >= 0.3 is 11.9 Å². The lowest BCUT2D eigenvalue weighted by molar-refractivity contribution is -0.0567. The summed E-state index contributed by atoms with van der Waals surface area (Å²) >= 11 is 0. The predicted octanol–water partition coefficient (Wildman–Crippen LogP) is 3.36. The predicted molar refractivity (Wildman–Crippen MR) is 135 cm³/mol. The number of benzene rings is 2. The van der Waals surface area contributed by atoms with Gasteiger partial charge in [0.2, 0.25) is 0 Å². The fourth-order valence-corrected chi connectivity index (χ4v) is 4.30. The number of ether oxygens (including phenoxy) is 3. The van der Waals surface area contributed by atoms with Crippen LogP contribution in [0, 0.1) is 13.8 Å². The lowest BCUT2D eigenvalue weighted by atomic mass is 10.1. The van der Waals surface area contributed by atoms with Crippen LogP contribution in [-0.4, -0.2) is 58.3 Å². The van der Waals surface area contributed by atoms with Crippen molar-refractivity contribution in [2.24, 2.45) is 4.99 Å². The Morgan fingerprint density at radius 3 is 2.38 bits per heavy atom. The first-order chi connectivity index (χ1) is 17.9. The van der Waals surface area contributed by atoms with Gasteiger partial charge in [-0.2, -0.15) is 0 Å². The zero-order chi connectivity index (χ0) is 25.9. The molecule has 0 amide bonds. The Labute approximate surface area is 213 Å². The molecule has 3 aromatic rings. The SMILES string of the molecule is Cc1ccc(C(=O)OC[C@H]2O[C@H](n3cnc4c3NC=NC[C@@H]4O)C[C@@H]2OC(=O)c2ccc(C)cc2)cc1. The maximum absolute atomic E-state index is 12.9. The molecule has 2 aromatic carbocycles. The average molecular weight is 505 g/mol. The van der Waals surface area contributed by atoms with Crippen molar-refractivity contribution in [3.8, 4) is 0 Å². The number of nitrogens with one attached hydrogen (secondary N) is 1. The Kier molecular flexibility index (Phi) is 7.02. The van der Waals surface area contributed by atoms with E-state index in [1.54, 1.807) is 35.2 Å². The maximum atomic E-state index is 12.9. The van der Waals surface area contributed by atoms with Crippen molar-refractivity contribution in [2.75, 3.05) is 18.5 Å². The number of carbonyl (C=O) groups is 2. The molecule has 0 saturated carbocycles. The van der Waals surface area contributed by atoms with E-state index in [0.29, 0.717) is 29.1 Å². The van der Waals surface area contributed by atoms with Gasteiger partial charge in [-0.15, -0.1) is 0 Å². The largest absolute Gasteiger partial charge is 0.459 e. The van der Waals surface area contributed by atoms with Crippen LogP contribution in [0.25, 0.3) is 0 Å². The van der Waals surface area contributed by atoms with Crippen LogP contribution in [0.2, 0.25) is 0 Å². The summed E-state index contributed by atoms with van der Waals surface area (Å²) < 4.78 is 19.3. The first-order valence-electron chi connectivity index (χ1n) is 12.1. The van der Waals surface area contributed by atoms with Gasteiger partial charge in [-0.1, -0.05) is 35.4 Å². The number of nitrogens with zero attached hydrogens (tertiary/aromatic N) is 3. The van der Waals surface area contributed by atoms with Crippen molar-refractivity contribution in [1.82, 2.24) is 9.55 Å². The molecule has 0 unspecified atom stereocenters. The summed E-state index contributed by atoms with van der Waals surface area (Å²) in [6.07, 6.45) is 0.513. The smallest absolute Gasteiger partial charge is 0.338 e.